The third kappa shape index (κ3) is 0.925. The topological polar surface area (TPSA) is 30.7 Å². The number of aryl methyl sites for hydroxylation is 1. The Morgan fingerprint density at radius 1 is 1.75 bits per heavy atom. The number of nitrogens with zero attached hydrogens (tertiary/aromatic N) is 3. The fraction of sp³-hybridized carbons (Fsp3) is 0.333. The van der Waals surface area contributed by atoms with E-state index in [1.54, 1.807) is 0 Å². The summed E-state index contributed by atoms with van der Waals surface area (Å²) in [5.74, 6) is 0. The van der Waals surface area contributed by atoms with Gasteiger partial charge >= 0.3 is 0 Å². The van der Waals surface area contributed by atoms with Crippen molar-refractivity contribution in [2.45, 2.75) is 0 Å². The zero-order valence-corrected chi connectivity index (χ0v) is 6.77. The highest BCUT2D eigenvalue weighted by molar-refractivity contribution is 9.13. The van der Waals surface area contributed by atoms with Crippen molar-refractivity contribution in [1.29, 1.82) is 0 Å². The minimum Gasteiger partial charge on any atom is -0.240 e. The molecule has 0 amide bonds. The second-order valence-corrected chi connectivity index (χ2v) is 2.59. The molecule has 0 aliphatic carbocycles. The van der Waals surface area contributed by atoms with Crippen LogP contribution in [0.3, 0.4) is 0 Å². The van der Waals surface area contributed by atoms with Gasteiger partial charge in [-0.1, -0.05) is 5.21 Å². The number of halogens is 2. The van der Waals surface area contributed by atoms with Crippen LogP contribution < -0.4 is 0 Å². The molecule has 0 spiro atoms. The number of hydrogen-bond acceptors (Lipinski definition) is 2. The van der Waals surface area contributed by atoms with Crippen molar-refractivity contribution in [2.24, 2.45) is 6.98 Å². The van der Waals surface area contributed by atoms with Crippen LogP contribution >= 0.6 is 31.9 Å². The molecule has 0 saturated carbocycles. The molecule has 1 aromatic rings. The lowest BCUT2D eigenvalue weighted by atomic mass is 10.9. The molecule has 5 heteroatoms. The van der Waals surface area contributed by atoms with Gasteiger partial charge in [0.15, 0.2) is 4.60 Å². The maximum atomic E-state index is 6.97. The first kappa shape index (κ1) is 3.31. The Bertz CT molecular complexity index is 267. The largest absolute Gasteiger partial charge is 0.240 e. The Labute approximate surface area is 67.5 Å². The highest BCUT2D eigenvalue weighted by atomic mass is 79.9. The predicted molar refractivity (Wildman–Crippen MR) is 36.4 cm³/mol. The third-order valence-electron chi connectivity index (χ3n) is 0.578. The van der Waals surface area contributed by atoms with Gasteiger partial charge in [0.05, 0.1) is 0 Å². The molecule has 0 radical (unpaired) electrons. The van der Waals surface area contributed by atoms with Gasteiger partial charge in [-0.2, -0.15) is 0 Å². The van der Waals surface area contributed by atoms with Gasteiger partial charge in [-0.3, -0.25) is 0 Å². The predicted octanol–water partition coefficient (Wildman–Crippen LogP) is 1.34. The van der Waals surface area contributed by atoms with Gasteiger partial charge in [0.25, 0.3) is 0 Å². The molecule has 0 saturated heterocycles. The van der Waals surface area contributed by atoms with Crippen molar-refractivity contribution in [3.8, 4) is 0 Å². The molecule has 1 rings (SSSR count). The highest BCUT2D eigenvalue weighted by Crippen LogP contribution is 2.17. The average Bonchev–Trinajstić information content (AvgIpc) is 2.11. The van der Waals surface area contributed by atoms with E-state index in [2.05, 4.69) is 42.2 Å². The van der Waals surface area contributed by atoms with Crippen LogP contribution in [0.15, 0.2) is 9.21 Å². The summed E-state index contributed by atoms with van der Waals surface area (Å²) in [6, 6.07) is 0. The Morgan fingerprint density at radius 3 is 2.75 bits per heavy atom. The van der Waals surface area contributed by atoms with Crippen molar-refractivity contribution in [3.05, 3.63) is 9.21 Å². The standard InChI is InChI=1S/C3H3Br2N3/c1-8-3(5)2(4)6-7-8/h1H3/i1D3. The normalized spacial score (nSPS) is 17.0. The summed E-state index contributed by atoms with van der Waals surface area (Å²) < 4.78 is 22.4. The first-order chi connectivity index (χ1) is 4.93. The van der Waals surface area contributed by atoms with Crippen LogP contribution in [0, 0.1) is 0 Å². The monoisotopic (exact) mass is 242 g/mol. The molecule has 0 aliphatic heterocycles. The van der Waals surface area contributed by atoms with Crippen LogP contribution in [0.4, 0.5) is 0 Å². The van der Waals surface area contributed by atoms with Crippen molar-refractivity contribution >= 4 is 31.9 Å². The minimum atomic E-state index is -2.28. The van der Waals surface area contributed by atoms with E-state index >= 15 is 0 Å². The zero-order chi connectivity index (χ0) is 8.65. The minimum absolute atomic E-state index is 0.317. The molecule has 0 aromatic carbocycles. The molecule has 0 bridgehead atoms. The summed E-state index contributed by atoms with van der Waals surface area (Å²) >= 11 is 6.03. The third-order valence-corrected chi connectivity index (χ3v) is 2.36. The van der Waals surface area contributed by atoms with Crippen LogP contribution in [-0.2, 0) is 6.98 Å². The van der Waals surface area contributed by atoms with Gasteiger partial charge in [-0.05, 0) is 31.9 Å². The van der Waals surface area contributed by atoms with Crippen LogP contribution in [0.25, 0.3) is 0 Å². The first-order valence-electron chi connectivity index (χ1n) is 3.20. The number of hydrogen-bond donors (Lipinski definition) is 0. The smallest absolute Gasteiger partial charge is 0.162 e. The summed E-state index contributed by atoms with van der Waals surface area (Å²) in [7, 11) is 0. The fourth-order valence-electron chi connectivity index (χ4n) is 0.252. The fourth-order valence-corrected chi connectivity index (χ4v) is 0.641. The Kier molecular flexibility index (Phi) is 0.888. The molecule has 0 unspecified atom stereocenters. The molecule has 44 valence electrons. The maximum Gasteiger partial charge on any atom is 0.162 e. The van der Waals surface area contributed by atoms with Crippen LogP contribution in [-0.4, -0.2) is 15.0 Å². The van der Waals surface area contributed by atoms with Crippen molar-refractivity contribution < 1.29 is 4.11 Å². The number of aromatic nitrogens is 3. The summed E-state index contributed by atoms with van der Waals surface area (Å²) in [5, 5.41) is 6.90. The quantitative estimate of drug-likeness (QED) is 0.689. The lowest BCUT2D eigenvalue weighted by Gasteiger charge is -1.84. The second kappa shape index (κ2) is 2.14. The SMILES string of the molecule is [2H]C([2H])([2H])n1nnc(Br)c1Br. The van der Waals surface area contributed by atoms with E-state index in [0.717, 1.165) is 4.68 Å². The van der Waals surface area contributed by atoms with Gasteiger partial charge < -0.3 is 0 Å². The Balaban J connectivity index is 3.15. The molecule has 0 N–H and O–H groups in total. The van der Waals surface area contributed by atoms with E-state index in [9.17, 15) is 0 Å². The summed E-state index contributed by atoms with van der Waals surface area (Å²) in [5.41, 5.74) is 0. The molecule has 8 heavy (non-hydrogen) atoms. The summed E-state index contributed by atoms with van der Waals surface area (Å²) in [4.78, 5) is 0. The van der Waals surface area contributed by atoms with Gasteiger partial charge in [-0.15, -0.1) is 5.10 Å². The van der Waals surface area contributed by atoms with E-state index in [0.29, 0.717) is 9.21 Å². The lowest BCUT2D eigenvalue weighted by molar-refractivity contribution is 0.702. The zero-order valence-electron chi connectivity index (χ0n) is 6.60. The van der Waals surface area contributed by atoms with Gasteiger partial charge in [0.1, 0.15) is 4.60 Å². The van der Waals surface area contributed by atoms with Crippen molar-refractivity contribution in [1.82, 2.24) is 15.0 Å². The highest BCUT2D eigenvalue weighted by Gasteiger charge is 2.00. The molecule has 0 atom stereocenters. The van der Waals surface area contributed by atoms with Gasteiger partial charge in [0, 0.05) is 11.1 Å². The summed E-state index contributed by atoms with van der Waals surface area (Å²) in [6.07, 6.45) is 0. The Morgan fingerprint density at radius 2 is 2.50 bits per heavy atom. The molecule has 1 aromatic heterocycles. The van der Waals surface area contributed by atoms with E-state index in [-0.39, 0.29) is 0 Å². The second-order valence-electron chi connectivity index (χ2n) is 1.08. The number of rotatable bonds is 0. The van der Waals surface area contributed by atoms with E-state index in [4.69, 9.17) is 4.11 Å². The van der Waals surface area contributed by atoms with Crippen molar-refractivity contribution in [2.75, 3.05) is 0 Å². The summed E-state index contributed by atoms with van der Waals surface area (Å²) in [6.45, 7) is -2.28. The first-order valence-corrected chi connectivity index (χ1v) is 3.28. The van der Waals surface area contributed by atoms with Crippen LogP contribution in [0.1, 0.15) is 4.11 Å². The Hall–Kier alpha value is 0.1000. The van der Waals surface area contributed by atoms with E-state index < -0.39 is 6.98 Å². The molecular weight excluding hydrogens is 238 g/mol. The maximum absolute atomic E-state index is 6.97. The molecule has 0 fully saturated rings. The van der Waals surface area contributed by atoms with Crippen LogP contribution in [0.5, 0.6) is 0 Å². The van der Waals surface area contributed by atoms with Crippen LogP contribution in [0.2, 0.25) is 0 Å². The van der Waals surface area contributed by atoms with Gasteiger partial charge in [0.2, 0.25) is 0 Å². The molecular formula is C3H3Br2N3. The average molecular weight is 244 g/mol. The molecule has 1 heterocycles. The van der Waals surface area contributed by atoms with Crippen molar-refractivity contribution in [3.63, 3.8) is 0 Å². The molecule has 3 nitrogen and oxygen atoms in total. The lowest BCUT2D eigenvalue weighted by Crippen LogP contribution is -1.88. The van der Waals surface area contributed by atoms with Gasteiger partial charge in [-0.25, -0.2) is 4.68 Å². The molecule has 0 aliphatic rings. The van der Waals surface area contributed by atoms with E-state index in [1.807, 2.05) is 0 Å². The van der Waals surface area contributed by atoms with E-state index in [1.165, 1.54) is 0 Å².